The zero-order chi connectivity index (χ0) is 8.97. The number of piperidine rings is 1. The smallest absolute Gasteiger partial charge is 0.0104 e. The Labute approximate surface area is 76.5 Å². The molecule has 0 spiro atoms. The molecule has 1 heteroatoms. The maximum absolute atomic E-state index is 4.05. The molecular formula is C11H21N. The molecule has 0 amide bonds. The summed E-state index contributed by atoms with van der Waals surface area (Å²) in [6.45, 7) is 11.1. The summed E-state index contributed by atoms with van der Waals surface area (Å²) < 4.78 is 0. The van der Waals surface area contributed by atoms with Crippen molar-refractivity contribution in [2.45, 2.75) is 45.6 Å². The Balaban J connectivity index is 2.29. The van der Waals surface area contributed by atoms with Gasteiger partial charge in [0, 0.05) is 12.6 Å². The van der Waals surface area contributed by atoms with E-state index in [0.717, 1.165) is 6.04 Å². The zero-order valence-electron chi connectivity index (χ0n) is 8.47. The average Bonchev–Trinajstić information content (AvgIpc) is 2.03. The van der Waals surface area contributed by atoms with Gasteiger partial charge in [-0.05, 0) is 32.7 Å². The van der Waals surface area contributed by atoms with E-state index in [1.807, 2.05) is 0 Å². The first kappa shape index (κ1) is 9.79. The molecule has 0 saturated carbocycles. The number of rotatable bonds is 3. The lowest BCUT2D eigenvalue weighted by molar-refractivity contribution is 0.184. The van der Waals surface area contributed by atoms with Gasteiger partial charge in [0.1, 0.15) is 0 Å². The second-order valence-corrected chi connectivity index (χ2v) is 3.94. The molecule has 0 radical (unpaired) electrons. The van der Waals surface area contributed by atoms with Crippen LogP contribution in [0.15, 0.2) is 12.2 Å². The fourth-order valence-electron chi connectivity index (χ4n) is 1.86. The van der Waals surface area contributed by atoms with Gasteiger partial charge in [-0.3, -0.25) is 0 Å². The molecular weight excluding hydrogens is 146 g/mol. The van der Waals surface area contributed by atoms with Gasteiger partial charge in [0.15, 0.2) is 0 Å². The second-order valence-electron chi connectivity index (χ2n) is 3.94. The Hall–Kier alpha value is -0.300. The summed E-state index contributed by atoms with van der Waals surface area (Å²) in [4.78, 5) is 2.60. The predicted octanol–water partition coefficient (Wildman–Crippen LogP) is 2.83. The van der Waals surface area contributed by atoms with Gasteiger partial charge >= 0.3 is 0 Å². The first-order valence-electron chi connectivity index (χ1n) is 5.14. The second kappa shape index (κ2) is 4.66. The van der Waals surface area contributed by atoms with Crippen LogP contribution in [-0.2, 0) is 0 Å². The lowest BCUT2D eigenvalue weighted by atomic mass is 9.99. The van der Waals surface area contributed by atoms with Crippen molar-refractivity contribution in [1.82, 2.24) is 4.90 Å². The monoisotopic (exact) mass is 167 g/mol. The predicted molar refractivity (Wildman–Crippen MR) is 54.3 cm³/mol. The molecule has 0 bridgehead atoms. The van der Waals surface area contributed by atoms with E-state index in [1.165, 1.54) is 44.3 Å². The summed E-state index contributed by atoms with van der Waals surface area (Å²) in [5, 5.41) is 0. The fraction of sp³-hybridized carbons (Fsp3) is 0.818. The summed E-state index contributed by atoms with van der Waals surface area (Å²) in [7, 11) is 0. The average molecular weight is 167 g/mol. The van der Waals surface area contributed by atoms with Crippen LogP contribution < -0.4 is 0 Å². The first-order chi connectivity index (χ1) is 5.74. The molecule has 0 aromatic carbocycles. The topological polar surface area (TPSA) is 3.24 Å². The minimum atomic E-state index is 0.734. The van der Waals surface area contributed by atoms with Crippen LogP contribution in [0.25, 0.3) is 0 Å². The molecule has 12 heavy (non-hydrogen) atoms. The molecule has 1 heterocycles. The third-order valence-electron chi connectivity index (χ3n) is 2.76. The summed E-state index contributed by atoms with van der Waals surface area (Å²) in [6, 6.07) is 0.734. The maximum atomic E-state index is 4.05. The highest BCUT2D eigenvalue weighted by atomic mass is 15.2. The van der Waals surface area contributed by atoms with Gasteiger partial charge in [0.25, 0.3) is 0 Å². The van der Waals surface area contributed by atoms with Gasteiger partial charge < -0.3 is 4.90 Å². The summed E-state index contributed by atoms with van der Waals surface area (Å²) in [5.74, 6) is 0. The van der Waals surface area contributed by atoms with Crippen LogP contribution in [0.1, 0.15) is 39.5 Å². The number of hydrogen-bond donors (Lipinski definition) is 0. The Kier molecular flexibility index (Phi) is 3.80. The van der Waals surface area contributed by atoms with Crippen LogP contribution in [-0.4, -0.2) is 24.0 Å². The molecule has 1 saturated heterocycles. The Bertz CT molecular complexity index is 151. The summed E-state index contributed by atoms with van der Waals surface area (Å²) in [5.41, 5.74) is 1.44. The lowest BCUT2D eigenvalue weighted by Crippen LogP contribution is -2.38. The SMILES string of the molecule is C=C1CCN(CCCC)C(C)C1. The van der Waals surface area contributed by atoms with Crippen molar-refractivity contribution in [3.8, 4) is 0 Å². The van der Waals surface area contributed by atoms with Crippen LogP contribution in [0.5, 0.6) is 0 Å². The van der Waals surface area contributed by atoms with E-state index < -0.39 is 0 Å². The van der Waals surface area contributed by atoms with Crippen LogP contribution >= 0.6 is 0 Å². The van der Waals surface area contributed by atoms with E-state index in [9.17, 15) is 0 Å². The molecule has 1 atom stereocenters. The standard InChI is InChI=1S/C11H21N/c1-4-5-7-12-8-6-10(2)9-11(12)3/h11H,2,4-9H2,1,3H3. The van der Waals surface area contributed by atoms with Gasteiger partial charge in [0.05, 0.1) is 0 Å². The third kappa shape index (κ3) is 2.63. The molecule has 1 aliphatic rings. The van der Waals surface area contributed by atoms with E-state index >= 15 is 0 Å². The molecule has 1 unspecified atom stereocenters. The van der Waals surface area contributed by atoms with Gasteiger partial charge in [-0.1, -0.05) is 25.5 Å². The highest BCUT2D eigenvalue weighted by molar-refractivity contribution is 5.01. The largest absolute Gasteiger partial charge is 0.300 e. The van der Waals surface area contributed by atoms with E-state index in [4.69, 9.17) is 0 Å². The van der Waals surface area contributed by atoms with Gasteiger partial charge in [-0.2, -0.15) is 0 Å². The van der Waals surface area contributed by atoms with E-state index in [-0.39, 0.29) is 0 Å². The van der Waals surface area contributed by atoms with Crippen molar-refractivity contribution >= 4 is 0 Å². The van der Waals surface area contributed by atoms with E-state index in [2.05, 4.69) is 25.3 Å². The van der Waals surface area contributed by atoms with E-state index in [1.54, 1.807) is 0 Å². The Morgan fingerprint density at radius 1 is 1.58 bits per heavy atom. The van der Waals surface area contributed by atoms with E-state index in [0.29, 0.717) is 0 Å². The van der Waals surface area contributed by atoms with Crippen molar-refractivity contribution in [3.63, 3.8) is 0 Å². The quantitative estimate of drug-likeness (QED) is 0.584. The molecule has 1 aliphatic heterocycles. The molecule has 0 N–H and O–H groups in total. The highest BCUT2D eigenvalue weighted by Crippen LogP contribution is 2.20. The zero-order valence-corrected chi connectivity index (χ0v) is 8.47. The van der Waals surface area contributed by atoms with Crippen LogP contribution in [0, 0.1) is 0 Å². The first-order valence-corrected chi connectivity index (χ1v) is 5.14. The van der Waals surface area contributed by atoms with Crippen molar-refractivity contribution < 1.29 is 0 Å². The molecule has 0 aliphatic carbocycles. The highest BCUT2D eigenvalue weighted by Gasteiger charge is 2.18. The van der Waals surface area contributed by atoms with Crippen LogP contribution in [0.4, 0.5) is 0 Å². The number of nitrogens with zero attached hydrogens (tertiary/aromatic N) is 1. The molecule has 0 aromatic rings. The molecule has 70 valence electrons. The summed E-state index contributed by atoms with van der Waals surface area (Å²) in [6.07, 6.45) is 5.08. The third-order valence-corrected chi connectivity index (χ3v) is 2.76. The fourth-order valence-corrected chi connectivity index (χ4v) is 1.86. The Morgan fingerprint density at radius 3 is 2.92 bits per heavy atom. The normalized spacial score (nSPS) is 26.2. The minimum Gasteiger partial charge on any atom is -0.300 e. The number of likely N-dealkylation sites (tertiary alicyclic amines) is 1. The van der Waals surface area contributed by atoms with Gasteiger partial charge in [0.2, 0.25) is 0 Å². The molecule has 1 nitrogen and oxygen atoms in total. The van der Waals surface area contributed by atoms with Crippen molar-refractivity contribution in [2.75, 3.05) is 13.1 Å². The van der Waals surface area contributed by atoms with Crippen molar-refractivity contribution in [3.05, 3.63) is 12.2 Å². The van der Waals surface area contributed by atoms with Crippen LogP contribution in [0.2, 0.25) is 0 Å². The molecule has 0 aromatic heterocycles. The Morgan fingerprint density at radius 2 is 2.33 bits per heavy atom. The maximum Gasteiger partial charge on any atom is 0.0104 e. The van der Waals surface area contributed by atoms with Gasteiger partial charge in [-0.25, -0.2) is 0 Å². The minimum absolute atomic E-state index is 0.734. The van der Waals surface area contributed by atoms with Crippen molar-refractivity contribution in [1.29, 1.82) is 0 Å². The molecule has 1 rings (SSSR count). The molecule has 1 fully saturated rings. The summed E-state index contributed by atoms with van der Waals surface area (Å²) >= 11 is 0. The lowest BCUT2D eigenvalue weighted by Gasteiger charge is -2.34. The van der Waals surface area contributed by atoms with Gasteiger partial charge in [-0.15, -0.1) is 0 Å². The number of hydrogen-bond acceptors (Lipinski definition) is 1. The van der Waals surface area contributed by atoms with Crippen molar-refractivity contribution in [2.24, 2.45) is 0 Å². The van der Waals surface area contributed by atoms with Crippen LogP contribution in [0.3, 0.4) is 0 Å². The number of unbranched alkanes of at least 4 members (excludes halogenated alkanes) is 1.